The smallest absolute Gasteiger partial charge is 0.0502 e. The summed E-state index contributed by atoms with van der Waals surface area (Å²) >= 11 is 6.25. The van der Waals surface area contributed by atoms with Gasteiger partial charge in [-0.3, -0.25) is 4.90 Å². The summed E-state index contributed by atoms with van der Waals surface area (Å²) in [7, 11) is 1.78. The summed E-state index contributed by atoms with van der Waals surface area (Å²) in [6.07, 6.45) is 2.46. The molecule has 20 heavy (non-hydrogen) atoms. The number of hydrogen-bond donors (Lipinski definition) is 1. The first-order valence-electron chi connectivity index (χ1n) is 7.34. The quantitative estimate of drug-likeness (QED) is 0.908. The minimum Gasteiger partial charge on any atom is -0.384 e. The average molecular weight is 297 g/mol. The summed E-state index contributed by atoms with van der Waals surface area (Å²) < 4.78 is 5.30. The third-order valence-corrected chi connectivity index (χ3v) is 4.60. The third-order valence-electron chi connectivity index (χ3n) is 4.20. The van der Waals surface area contributed by atoms with Gasteiger partial charge in [0.25, 0.3) is 0 Å². The molecule has 2 N–H and O–H groups in total. The average Bonchev–Trinajstić information content (AvgIpc) is 2.44. The molecular formula is C16H25ClN2O. The van der Waals surface area contributed by atoms with Gasteiger partial charge in [0.2, 0.25) is 0 Å². The highest BCUT2D eigenvalue weighted by Crippen LogP contribution is 2.28. The number of methoxy groups -OCH3 is 1. The lowest BCUT2D eigenvalue weighted by Gasteiger charge is -2.38. The number of rotatable bonds is 5. The summed E-state index contributed by atoms with van der Waals surface area (Å²) in [6, 6.07) is 6.55. The van der Waals surface area contributed by atoms with Gasteiger partial charge in [-0.15, -0.1) is 0 Å². The van der Waals surface area contributed by atoms with Crippen LogP contribution in [0.5, 0.6) is 0 Å². The monoisotopic (exact) mass is 296 g/mol. The van der Waals surface area contributed by atoms with Crippen LogP contribution < -0.4 is 5.73 Å². The Bertz CT molecular complexity index is 436. The predicted molar refractivity (Wildman–Crippen MR) is 84.2 cm³/mol. The van der Waals surface area contributed by atoms with Gasteiger partial charge in [0, 0.05) is 31.3 Å². The Morgan fingerprint density at radius 1 is 1.50 bits per heavy atom. The molecule has 1 fully saturated rings. The van der Waals surface area contributed by atoms with E-state index in [2.05, 4.69) is 23.1 Å². The number of ether oxygens (including phenoxy) is 1. The van der Waals surface area contributed by atoms with Crippen LogP contribution in [-0.2, 0) is 4.74 Å². The largest absolute Gasteiger partial charge is 0.384 e. The lowest BCUT2D eigenvalue weighted by molar-refractivity contribution is 0.0697. The van der Waals surface area contributed by atoms with Crippen LogP contribution in [-0.4, -0.2) is 38.3 Å². The molecule has 2 unspecified atom stereocenters. The molecule has 2 atom stereocenters. The van der Waals surface area contributed by atoms with E-state index >= 15 is 0 Å². The van der Waals surface area contributed by atoms with Gasteiger partial charge in [0.1, 0.15) is 0 Å². The van der Waals surface area contributed by atoms with Crippen molar-refractivity contribution in [2.75, 3.05) is 33.4 Å². The molecule has 0 amide bonds. The van der Waals surface area contributed by atoms with Gasteiger partial charge in [-0.2, -0.15) is 0 Å². The number of likely N-dealkylation sites (tertiary alicyclic amines) is 1. The van der Waals surface area contributed by atoms with Gasteiger partial charge in [-0.1, -0.05) is 23.7 Å². The van der Waals surface area contributed by atoms with Crippen LogP contribution >= 0.6 is 11.6 Å². The van der Waals surface area contributed by atoms with E-state index in [1.165, 1.54) is 18.4 Å². The molecule has 0 bridgehead atoms. The Hall–Kier alpha value is -0.610. The van der Waals surface area contributed by atoms with Gasteiger partial charge >= 0.3 is 0 Å². The fourth-order valence-corrected chi connectivity index (χ4v) is 3.25. The number of aryl methyl sites for hydroxylation is 1. The second-order valence-corrected chi connectivity index (χ2v) is 6.13. The zero-order valence-corrected chi connectivity index (χ0v) is 13.2. The molecule has 2 rings (SSSR count). The van der Waals surface area contributed by atoms with Crippen molar-refractivity contribution < 1.29 is 4.74 Å². The van der Waals surface area contributed by atoms with Crippen LogP contribution in [0, 0.1) is 12.8 Å². The van der Waals surface area contributed by atoms with Crippen molar-refractivity contribution in [2.45, 2.75) is 25.8 Å². The number of piperidine rings is 1. The molecular weight excluding hydrogens is 272 g/mol. The van der Waals surface area contributed by atoms with Gasteiger partial charge in [0.05, 0.1) is 6.61 Å². The van der Waals surface area contributed by atoms with Crippen LogP contribution in [0.2, 0.25) is 5.02 Å². The van der Waals surface area contributed by atoms with E-state index in [-0.39, 0.29) is 6.04 Å². The Labute approximate surface area is 127 Å². The van der Waals surface area contributed by atoms with E-state index in [4.69, 9.17) is 22.1 Å². The molecule has 1 aliphatic rings. The summed E-state index contributed by atoms with van der Waals surface area (Å²) in [5.41, 5.74) is 8.36. The first-order valence-corrected chi connectivity index (χ1v) is 7.72. The van der Waals surface area contributed by atoms with Crippen molar-refractivity contribution >= 4 is 11.6 Å². The Kier molecular flexibility index (Phi) is 5.85. The number of hydrogen-bond acceptors (Lipinski definition) is 3. The summed E-state index contributed by atoms with van der Waals surface area (Å²) in [5.74, 6) is 0.615. The number of nitrogens with zero attached hydrogens (tertiary/aromatic N) is 1. The molecule has 0 radical (unpaired) electrons. The van der Waals surface area contributed by atoms with E-state index in [1.807, 2.05) is 6.92 Å². The van der Waals surface area contributed by atoms with Crippen molar-refractivity contribution in [2.24, 2.45) is 11.7 Å². The Morgan fingerprint density at radius 3 is 2.95 bits per heavy atom. The summed E-state index contributed by atoms with van der Waals surface area (Å²) in [6.45, 7) is 5.65. The van der Waals surface area contributed by atoms with Gasteiger partial charge < -0.3 is 10.5 Å². The lowest BCUT2D eigenvalue weighted by atomic mass is 9.95. The Balaban J connectivity index is 2.12. The van der Waals surface area contributed by atoms with Crippen molar-refractivity contribution in [3.63, 3.8) is 0 Å². The minimum absolute atomic E-state index is 0.257. The molecule has 0 saturated carbocycles. The van der Waals surface area contributed by atoms with E-state index in [9.17, 15) is 0 Å². The molecule has 112 valence electrons. The molecule has 3 nitrogen and oxygen atoms in total. The van der Waals surface area contributed by atoms with Crippen molar-refractivity contribution in [1.82, 2.24) is 4.90 Å². The SMILES string of the molecule is COCC1CCCN(C(CN)c2ccc(C)c(Cl)c2)C1. The zero-order valence-electron chi connectivity index (χ0n) is 12.4. The maximum Gasteiger partial charge on any atom is 0.0502 e. The number of benzene rings is 1. The number of nitrogens with two attached hydrogens (primary N) is 1. The van der Waals surface area contributed by atoms with Crippen LogP contribution in [0.4, 0.5) is 0 Å². The molecule has 0 spiro atoms. The van der Waals surface area contributed by atoms with Crippen LogP contribution in [0.3, 0.4) is 0 Å². The molecule has 1 heterocycles. The molecule has 1 saturated heterocycles. The van der Waals surface area contributed by atoms with Crippen molar-refractivity contribution in [1.29, 1.82) is 0 Å². The highest BCUT2D eigenvalue weighted by Gasteiger charge is 2.26. The predicted octanol–water partition coefficient (Wildman–Crippen LogP) is 3.01. The van der Waals surface area contributed by atoms with Gasteiger partial charge in [-0.05, 0) is 49.4 Å². The zero-order chi connectivity index (χ0) is 14.5. The highest BCUT2D eigenvalue weighted by atomic mass is 35.5. The normalized spacial score (nSPS) is 21.9. The van der Waals surface area contributed by atoms with Crippen molar-refractivity contribution in [3.8, 4) is 0 Å². The fraction of sp³-hybridized carbons (Fsp3) is 0.625. The van der Waals surface area contributed by atoms with Crippen LogP contribution in [0.25, 0.3) is 0 Å². The van der Waals surface area contributed by atoms with Gasteiger partial charge in [-0.25, -0.2) is 0 Å². The molecule has 1 aliphatic heterocycles. The van der Waals surface area contributed by atoms with E-state index in [0.29, 0.717) is 12.5 Å². The first kappa shape index (κ1) is 15.8. The van der Waals surface area contributed by atoms with E-state index in [1.54, 1.807) is 7.11 Å². The first-order chi connectivity index (χ1) is 9.65. The maximum absolute atomic E-state index is 6.25. The standard InChI is InChI=1S/C16H25ClN2O/c1-12-5-6-14(8-15(12)17)16(9-18)19-7-3-4-13(10-19)11-20-2/h5-6,8,13,16H,3-4,7,9-11,18H2,1-2H3. The van der Waals surface area contributed by atoms with E-state index < -0.39 is 0 Å². The molecule has 1 aromatic rings. The van der Waals surface area contributed by atoms with Gasteiger partial charge in [0.15, 0.2) is 0 Å². The second kappa shape index (κ2) is 7.41. The fourth-order valence-electron chi connectivity index (χ4n) is 3.06. The molecule has 0 aliphatic carbocycles. The maximum atomic E-state index is 6.25. The minimum atomic E-state index is 0.257. The highest BCUT2D eigenvalue weighted by molar-refractivity contribution is 6.31. The lowest BCUT2D eigenvalue weighted by Crippen LogP contribution is -2.42. The van der Waals surface area contributed by atoms with E-state index in [0.717, 1.165) is 30.3 Å². The Morgan fingerprint density at radius 2 is 2.30 bits per heavy atom. The summed E-state index contributed by atoms with van der Waals surface area (Å²) in [4.78, 5) is 2.48. The second-order valence-electron chi connectivity index (χ2n) is 5.72. The number of halogens is 1. The topological polar surface area (TPSA) is 38.5 Å². The van der Waals surface area contributed by atoms with Crippen molar-refractivity contribution in [3.05, 3.63) is 34.3 Å². The third kappa shape index (κ3) is 3.73. The van der Waals surface area contributed by atoms with Crippen LogP contribution in [0.15, 0.2) is 18.2 Å². The summed E-state index contributed by atoms with van der Waals surface area (Å²) in [5, 5.41) is 0.825. The van der Waals surface area contributed by atoms with Crippen LogP contribution in [0.1, 0.15) is 30.0 Å². The molecule has 0 aromatic heterocycles. The molecule has 1 aromatic carbocycles. The molecule has 4 heteroatoms.